The number of nitrogens with zero attached hydrogens (tertiary/aromatic N) is 1. The molecule has 0 atom stereocenters. The quantitative estimate of drug-likeness (QED) is 0.526. The maximum Gasteiger partial charge on any atom is 0.250 e. The van der Waals surface area contributed by atoms with Gasteiger partial charge in [0.05, 0.1) is 23.1 Å². The lowest BCUT2D eigenvalue weighted by molar-refractivity contribution is -0.120. The maximum atomic E-state index is 12.1. The summed E-state index contributed by atoms with van der Waals surface area (Å²) in [5, 5.41) is 7.21. The Kier molecular flexibility index (Phi) is 7.41. The van der Waals surface area contributed by atoms with Crippen molar-refractivity contribution < 1.29 is 14.3 Å². The summed E-state index contributed by atoms with van der Waals surface area (Å²) in [6.45, 7) is 5.73. The van der Waals surface area contributed by atoms with Crippen molar-refractivity contribution in [2.24, 2.45) is 0 Å². The molecule has 0 unspecified atom stereocenters. The monoisotopic (exact) mass is 393 g/mol. The summed E-state index contributed by atoms with van der Waals surface area (Å²) >= 11 is 0. The Hall–Kier alpha value is -3.12. The summed E-state index contributed by atoms with van der Waals surface area (Å²) in [7, 11) is 0. The van der Waals surface area contributed by atoms with Gasteiger partial charge in [-0.3, -0.25) is 9.78 Å². The molecule has 0 spiro atoms. The normalized spacial score (nSPS) is 10.7. The van der Waals surface area contributed by atoms with Crippen molar-refractivity contribution in [2.45, 2.75) is 26.9 Å². The molecule has 0 bridgehead atoms. The fourth-order valence-corrected chi connectivity index (χ4v) is 2.92. The van der Waals surface area contributed by atoms with Gasteiger partial charge in [0.15, 0.2) is 0 Å². The molecule has 2 N–H and O–H groups in total. The van der Waals surface area contributed by atoms with Crippen LogP contribution < -0.4 is 15.4 Å². The highest BCUT2D eigenvalue weighted by molar-refractivity contribution is 6.03. The lowest BCUT2D eigenvalue weighted by Gasteiger charge is -2.16. The Morgan fingerprint density at radius 2 is 1.93 bits per heavy atom. The molecular formula is C23H27N3O3. The number of anilines is 2. The van der Waals surface area contributed by atoms with Gasteiger partial charge in [0.1, 0.15) is 19.0 Å². The van der Waals surface area contributed by atoms with Gasteiger partial charge >= 0.3 is 0 Å². The van der Waals surface area contributed by atoms with Gasteiger partial charge in [0.25, 0.3) is 0 Å². The van der Waals surface area contributed by atoms with E-state index in [1.165, 1.54) is 0 Å². The number of fused-ring (bicyclic) bond motifs is 1. The van der Waals surface area contributed by atoms with E-state index in [0.29, 0.717) is 18.9 Å². The highest BCUT2D eigenvalue weighted by atomic mass is 16.5. The molecule has 0 aliphatic rings. The summed E-state index contributed by atoms with van der Waals surface area (Å²) in [4.78, 5) is 16.6. The van der Waals surface area contributed by atoms with Crippen LogP contribution in [-0.4, -0.2) is 30.6 Å². The Balaban J connectivity index is 1.87. The van der Waals surface area contributed by atoms with Gasteiger partial charge < -0.3 is 20.1 Å². The molecule has 1 heterocycles. The number of hydrogen-bond acceptors (Lipinski definition) is 5. The van der Waals surface area contributed by atoms with Crippen LogP contribution in [0.25, 0.3) is 10.9 Å². The molecule has 0 saturated heterocycles. The summed E-state index contributed by atoms with van der Waals surface area (Å²) < 4.78 is 11.2. The van der Waals surface area contributed by atoms with Crippen LogP contribution in [0.15, 0.2) is 54.7 Å². The van der Waals surface area contributed by atoms with Gasteiger partial charge in [-0.2, -0.15) is 0 Å². The standard InChI is InChI=1S/C23H27N3O3/c1-3-12-24-23-19-13-18(29-15-17-8-6-5-7-9-17)10-11-20(19)25-14-21(23)26-22(27)16-28-4-2/h5-11,13-14H,3-4,12,15-16H2,1-2H3,(H,24,25)(H,26,27). The molecule has 6 nitrogen and oxygen atoms in total. The number of aromatic nitrogens is 1. The third-order valence-electron chi connectivity index (χ3n) is 4.35. The first-order valence-electron chi connectivity index (χ1n) is 9.92. The molecule has 2 aromatic carbocycles. The van der Waals surface area contributed by atoms with Gasteiger partial charge in [-0.25, -0.2) is 0 Å². The van der Waals surface area contributed by atoms with E-state index in [1.54, 1.807) is 6.20 Å². The van der Waals surface area contributed by atoms with E-state index in [0.717, 1.165) is 40.9 Å². The molecule has 3 rings (SSSR count). The Morgan fingerprint density at radius 3 is 2.69 bits per heavy atom. The molecule has 0 radical (unpaired) electrons. The summed E-state index contributed by atoms with van der Waals surface area (Å²) in [5.74, 6) is 0.546. The highest BCUT2D eigenvalue weighted by Gasteiger charge is 2.12. The predicted molar refractivity (Wildman–Crippen MR) is 116 cm³/mol. The smallest absolute Gasteiger partial charge is 0.250 e. The van der Waals surface area contributed by atoms with Crippen molar-refractivity contribution >= 4 is 28.2 Å². The lowest BCUT2D eigenvalue weighted by Crippen LogP contribution is -2.19. The molecule has 152 valence electrons. The van der Waals surface area contributed by atoms with Gasteiger partial charge in [0, 0.05) is 18.5 Å². The van der Waals surface area contributed by atoms with E-state index in [9.17, 15) is 4.79 Å². The van der Waals surface area contributed by atoms with Crippen LogP contribution in [-0.2, 0) is 16.1 Å². The van der Waals surface area contributed by atoms with Crippen molar-refractivity contribution in [3.63, 3.8) is 0 Å². The average molecular weight is 393 g/mol. The van der Waals surface area contributed by atoms with Crippen LogP contribution in [0.1, 0.15) is 25.8 Å². The third-order valence-corrected chi connectivity index (χ3v) is 4.35. The SMILES string of the molecule is CCCNc1c(NC(=O)COCC)cnc2ccc(OCc3ccccc3)cc12. The number of amides is 1. The first-order valence-corrected chi connectivity index (χ1v) is 9.92. The van der Waals surface area contributed by atoms with Crippen LogP contribution in [0.3, 0.4) is 0 Å². The van der Waals surface area contributed by atoms with Crippen molar-refractivity contribution in [3.05, 3.63) is 60.3 Å². The summed E-state index contributed by atoms with van der Waals surface area (Å²) in [5.41, 5.74) is 3.41. The fourth-order valence-electron chi connectivity index (χ4n) is 2.92. The van der Waals surface area contributed by atoms with Crippen molar-refractivity contribution in [1.82, 2.24) is 4.98 Å². The topological polar surface area (TPSA) is 72.5 Å². The van der Waals surface area contributed by atoms with E-state index in [4.69, 9.17) is 9.47 Å². The maximum absolute atomic E-state index is 12.1. The zero-order valence-electron chi connectivity index (χ0n) is 16.9. The molecule has 1 aromatic heterocycles. The van der Waals surface area contributed by atoms with E-state index < -0.39 is 0 Å². The summed E-state index contributed by atoms with van der Waals surface area (Å²) in [6, 6.07) is 15.8. The second-order valence-electron chi connectivity index (χ2n) is 6.61. The van der Waals surface area contributed by atoms with E-state index in [-0.39, 0.29) is 12.5 Å². The predicted octanol–water partition coefficient (Wildman–Crippen LogP) is 4.61. The van der Waals surface area contributed by atoms with Crippen LogP contribution >= 0.6 is 0 Å². The van der Waals surface area contributed by atoms with Crippen LogP contribution in [0.2, 0.25) is 0 Å². The number of pyridine rings is 1. The largest absolute Gasteiger partial charge is 0.489 e. The minimum Gasteiger partial charge on any atom is -0.489 e. The van der Waals surface area contributed by atoms with Gasteiger partial charge in [-0.15, -0.1) is 0 Å². The second-order valence-corrected chi connectivity index (χ2v) is 6.61. The molecule has 0 saturated carbocycles. The third kappa shape index (κ3) is 5.68. The van der Waals surface area contributed by atoms with Gasteiger partial charge in [-0.1, -0.05) is 37.3 Å². The van der Waals surface area contributed by atoms with E-state index >= 15 is 0 Å². The molecule has 0 aliphatic heterocycles. The Morgan fingerprint density at radius 1 is 1.10 bits per heavy atom. The number of nitrogens with one attached hydrogen (secondary N) is 2. The molecule has 6 heteroatoms. The van der Waals surface area contributed by atoms with Crippen LogP contribution in [0.5, 0.6) is 5.75 Å². The van der Waals surface area contributed by atoms with Crippen molar-refractivity contribution in [1.29, 1.82) is 0 Å². The van der Waals surface area contributed by atoms with Crippen molar-refractivity contribution in [3.8, 4) is 5.75 Å². The molecular weight excluding hydrogens is 366 g/mol. The number of carbonyl (C=O) groups is 1. The number of benzene rings is 2. The zero-order valence-corrected chi connectivity index (χ0v) is 16.9. The van der Waals surface area contributed by atoms with Gasteiger partial charge in [0.2, 0.25) is 5.91 Å². The number of hydrogen-bond donors (Lipinski definition) is 2. The number of rotatable bonds is 10. The second kappa shape index (κ2) is 10.4. The average Bonchev–Trinajstić information content (AvgIpc) is 2.76. The van der Waals surface area contributed by atoms with E-state index in [1.807, 2.05) is 55.5 Å². The molecule has 29 heavy (non-hydrogen) atoms. The van der Waals surface area contributed by atoms with Crippen LogP contribution in [0.4, 0.5) is 11.4 Å². The number of carbonyl (C=O) groups excluding carboxylic acids is 1. The zero-order chi connectivity index (χ0) is 20.5. The minimum atomic E-state index is -0.205. The fraction of sp³-hybridized carbons (Fsp3) is 0.304. The number of ether oxygens (including phenoxy) is 2. The molecule has 0 aliphatic carbocycles. The highest BCUT2D eigenvalue weighted by Crippen LogP contribution is 2.32. The minimum absolute atomic E-state index is 0.0159. The Bertz CT molecular complexity index is 945. The molecule has 3 aromatic rings. The molecule has 1 amide bonds. The van der Waals surface area contributed by atoms with Crippen molar-refractivity contribution in [2.75, 3.05) is 30.4 Å². The lowest BCUT2D eigenvalue weighted by atomic mass is 10.1. The molecule has 0 fully saturated rings. The van der Waals surface area contributed by atoms with Crippen LogP contribution in [0, 0.1) is 0 Å². The first-order chi connectivity index (χ1) is 14.2. The summed E-state index contributed by atoms with van der Waals surface area (Å²) in [6.07, 6.45) is 2.63. The van der Waals surface area contributed by atoms with Gasteiger partial charge in [-0.05, 0) is 37.1 Å². The van der Waals surface area contributed by atoms with E-state index in [2.05, 4.69) is 22.5 Å². The first kappa shape index (κ1) is 20.6. The Labute approximate surface area is 171 Å².